The summed E-state index contributed by atoms with van der Waals surface area (Å²) in [6.45, 7) is 6.01. The molecule has 21 heavy (non-hydrogen) atoms. The van der Waals surface area contributed by atoms with Crippen molar-refractivity contribution in [2.24, 2.45) is 11.7 Å². The quantitative estimate of drug-likeness (QED) is 0.873. The van der Waals surface area contributed by atoms with Crippen molar-refractivity contribution in [3.05, 3.63) is 29.8 Å². The molecular weight excluding hydrogens is 266 g/mol. The zero-order valence-corrected chi connectivity index (χ0v) is 13.0. The summed E-state index contributed by atoms with van der Waals surface area (Å²) in [5.74, 6) is 0.750. The number of carbonyl (C=O) groups is 1. The Morgan fingerprint density at radius 1 is 1.43 bits per heavy atom. The van der Waals surface area contributed by atoms with E-state index in [1.807, 2.05) is 43.0 Å². The van der Waals surface area contributed by atoms with Crippen molar-refractivity contribution in [1.82, 2.24) is 10.2 Å². The summed E-state index contributed by atoms with van der Waals surface area (Å²) in [6.07, 6.45) is 0. The minimum Gasteiger partial charge on any atom is -0.496 e. The highest BCUT2D eigenvalue weighted by atomic mass is 16.5. The SMILES string of the molecule is COc1ccccc1C1CNCCN1C(=O)C(C)C(C)N. The van der Waals surface area contributed by atoms with Gasteiger partial charge < -0.3 is 20.7 Å². The van der Waals surface area contributed by atoms with Gasteiger partial charge in [0.25, 0.3) is 0 Å². The Kier molecular flexibility index (Phi) is 5.20. The van der Waals surface area contributed by atoms with Crippen molar-refractivity contribution in [3.8, 4) is 5.75 Å². The third-order valence-electron chi connectivity index (χ3n) is 4.20. The van der Waals surface area contributed by atoms with E-state index in [0.29, 0.717) is 6.54 Å². The third-order valence-corrected chi connectivity index (χ3v) is 4.20. The summed E-state index contributed by atoms with van der Waals surface area (Å²) in [5, 5.41) is 3.36. The molecule has 0 saturated carbocycles. The summed E-state index contributed by atoms with van der Waals surface area (Å²) in [7, 11) is 1.66. The first-order valence-corrected chi connectivity index (χ1v) is 7.46. The first-order chi connectivity index (χ1) is 10.1. The van der Waals surface area contributed by atoms with Crippen LogP contribution in [-0.4, -0.2) is 43.6 Å². The van der Waals surface area contributed by atoms with Crippen LogP contribution in [0.3, 0.4) is 0 Å². The van der Waals surface area contributed by atoms with Gasteiger partial charge in [0.15, 0.2) is 0 Å². The van der Waals surface area contributed by atoms with E-state index in [1.165, 1.54) is 0 Å². The van der Waals surface area contributed by atoms with Crippen LogP contribution in [0, 0.1) is 5.92 Å². The first-order valence-electron chi connectivity index (χ1n) is 7.46. The highest BCUT2D eigenvalue weighted by Crippen LogP contribution is 2.31. The molecule has 1 saturated heterocycles. The minimum atomic E-state index is -0.180. The van der Waals surface area contributed by atoms with Crippen molar-refractivity contribution in [2.75, 3.05) is 26.7 Å². The molecule has 116 valence electrons. The van der Waals surface area contributed by atoms with Crippen molar-refractivity contribution < 1.29 is 9.53 Å². The number of hydrogen-bond acceptors (Lipinski definition) is 4. The number of benzene rings is 1. The Morgan fingerprint density at radius 3 is 2.81 bits per heavy atom. The number of rotatable bonds is 4. The highest BCUT2D eigenvalue weighted by Gasteiger charge is 2.33. The van der Waals surface area contributed by atoms with Crippen LogP contribution in [-0.2, 0) is 4.79 Å². The van der Waals surface area contributed by atoms with Crippen LogP contribution in [0.25, 0.3) is 0 Å². The molecular formula is C16H25N3O2. The van der Waals surface area contributed by atoms with Gasteiger partial charge in [0.05, 0.1) is 19.1 Å². The first kappa shape index (κ1) is 15.8. The van der Waals surface area contributed by atoms with E-state index >= 15 is 0 Å². The zero-order valence-electron chi connectivity index (χ0n) is 13.0. The lowest BCUT2D eigenvalue weighted by atomic mass is 9.97. The fourth-order valence-electron chi connectivity index (χ4n) is 2.67. The molecule has 0 aliphatic carbocycles. The van der Waals surface area contributed by atoms with Crippen molar-refractivity contribution in [1.29, 1.82) is 0 Å². The monoisotopic (exact) mass is 291 g/mol. The largest absolute Gasteiger partial charge is 0.496 e. The number of amides is 1. The van der Waals surface area contributed by atoms with Gasteiger partial charge in [0, 0.05) is 31.2 Å². The Labute approximate surface area is 126 Å². The molecule has 1 fully saturated rings. The number of para-hydroxylation sites is 1. The van der Waals surface area contributed by atoms with Crippen LogP contribution in [0.15, 0.2) is 24.3 Å². The molecule has 1 amide bonds. The summed E-state index contributed by atoms with van der Waals surface area (Å²) in [6, 6.07) is 7.71. The lowest BCUT2D eigenvalue weighted by Crippen LogP contribution is -2.52. The lowest BCUT2D eigenvalue weighted by Gasteiger charge is -2.39. The van der Waals surface area contributed by atoms with Gasteiger partial charge in [-0.1, -0.05) is 25.1 Å². The van der Waals surface area contributed by atoms with Gasteiger partial charge in [-0.2, -0.15) is 0 Å². The number of methoxy groups -OCH3 is 1. The molecule has 2 rings (SSSR count). The molecule has 0 radical (unpaired) electrons. The minimum absolute atomic E-state index is 0.0106. The summed E-state index contributed by atoms with van der Waals surface area (Å²) in [4.78, 5) is 14.6. The predicted octanol–water partition coefficient (Wildman–Crippen LogP) is 1.15. The zero-order chi connectivity index (χ0) is 15.4. The second-order valence-electron chi connectivity index (χ2n) is 5.64. The van der Waals surface area contributed by atoms with Gasteiger partial charge in [-0.15, -0.1) is 0 Å². The van der Waals surface area contributed by atoms with E-state index in [-0.39, 0.29) is 23.9 Å². The molecule has 0 spiro atoms. The highest BCUT2D eigenvalue weighted by molar-refractivity contribution is 5.80. The van der Waals surface area contributed by atoms with Crippen molar-refractivity contribution in [3.63, 3.8) is 0 Å². The number of hydrogen-bond donors (Lipinski definition) is 2. The number of nitrogens with two attached hydrogens (primary N) is 1. The maximum atomic E-state index is 12.7. The molecule has 0 aromatic heterocycles. The Bertz CT molecular complexity index is 490. The van der Waals surface area contributed by atoms with E-state index in [0.717, 1.165) is 24.4 Å². The molecule has 0 bridgehead atoms. The molecule has 1 aromatic carbocycles. The smallest absolute Gasteiger partial charge is 0.227 e. The van der Waals surface area contributed by atoms with Crippen molar-refractivity contribution >= 4 is 5.91 Å². The second kappa shape index (κ2) is 6.91. The molecule has 1 heterocycles. The van der Waals surface area contributed by atoms with E-state index in [2.05, 4.69) is 5.32 Å². The number of carbonyl (C=O) groups excluding carboxylic acids is 1. The van der Waals surface area contributed by atoms with Crippen LogP contribution in [0.1, 0.15) is 25.5 Å². The van der Waals surface area contributed by atoms with E-state index in [9.17, 15) is 4.79 Å². The van der Waals surface area contributed by atoms with Crippen LogP contribution in [0.4, 0.5) is 0 Å². The topological polar surface area (TPSA) is 67.6 Å². The van der Waals surface area contributed by atoms with Gasteiger partial charge in [-0.05, 0) is 13.0 Å². The molecule has 1 aliphatic rings. The summed E-state index contributed by atoms with van der Waals surface area (Å²) < 4.78 is 5.44. The lowest BCUT2D eigenvalue weighted by molar-refractivity contribution is -0.139. The summed E-state index contributed by atoms with van der Waals surface area (Å²) in [5.41, 5.74) is 6.94. The number of piperazine rings is 1. The van der Waals surface area contributed by atoms with Crippen molar-refractivity contribution in [2.45, 2.75) is 25.9 Å². The number of ether oxygens (including phenoxy) is 1. The molecule has 3 unspecified atom stereocenters. The second-order valence-corrected chi connectivity index (χ2v) is 5.64. The molecule has 3 atom stereocenters. The molecule has 1 aliphatic heterocycles. The van der Waals surface area contributed by atoms with Gasteiger partial charge in [-0.3, -0.25) is 4.79 Å². The molecule has 3 N–H and O–H groups in total. The fraction of sp³-hybridized carbons (Fsp3) is 0.562. The molecule has 5 heteroatoms. The standard InChI is InChI=1S/C16H25N3O2/c1-11(12(2)17)16(20)19-9-8-18-10-14(19)13-6-4-5-7-15(13)21-3/h4-7,11-12,14,18H,8-10,17H2,1-3H3. The van der Waals surface area contributed by atoms with Crippen LogP contribution < -0.4 is 15.8 Å². The predicted molar refractivity (Wildman–Crippen MR) is 83.1 cm³/mol. The van der Waals surface area contributed by atoms with Gasteiger partial charge in [-0.25, -0.2) is 0 Å². The molecule has 5 nitrogen and oxygen atoms in total. The van der Waals surface area contributed by atoms with Gasteiger partial charge >= 0.3 is 0 Å². The van der Waals surface area contributed by atoms with Gasteiger partial charge in [0.2, 0.25) is 5.91 Å². The average molecular weight is 291 g/mol. The molecule has 1 aromatic rings. The van der Waals surface area contributed by atoms with Crippen LogP contribution in [0.5, 0.6) is 5.75 Å². The Hall–Kier alpha value is -1.59. The Morgan fingerprint density at radius 2 is 2.14 bits per heavy atom. The normalized spacial score (nSPS) is 21.7. The maximum absolute atomic E-state index is 12.7. The average Bonchev–Trinajstić information content (AvgIpc) is 2.53. The van der Waals surface area contributed by atoms with E-state index in [4.69, 9.17) is 10.5 Å². The number of nitrogens with zero attached hydrogens (tertiary/aromatic N) is 1. The summed E-state index contributed by atoms with van der Waals surface area (Å²) >= 11 is 0. The van der Waals surface area contributed by atoms with Gasteiger partial charge in [0.1, 0.15) is 5.75 Å². The maximum Gasteiger partial charge on any atom is 0.227 e. The number of nitrogens with one attached hydrogen (secondary N) is 1. The van der Waals surface area contributed by atoms with Crippen LogP contribution >= 0.6 is 0 Å². The third kappa shape index (κ3) is 3.36. The van der Waals surface area contributed by atoms with Crippen LogP contribution in [0.2, 0.25) is 0 Å². The fourth-order valence-corrected chi connectivity index (χ4v) is 2.67. The Balaban J connectivity index is 2.29. The van der Waals surface area contributed by atoms with E-state index < -0.39 is 0 Å². The van der Waals surface area contributed by atoms with E-state index in [1.54, 1.807) is 7.11 Å².